The molecule has 1 atom stereocenters. The molecule has 0 unspecified atom stereocenters. The number of nitrogens with one attached hydrogen (secondary N) is 1. The normalized spacial score (nSPS) is 19.1. The molecule has 1 aliphatic rings. The molecule has 2 N–H and O–H groups in total. The number of aliphatic hydroxyl groups is 1. The first-order valence-corrected chi connectivity index (χ1v) is 6.92. The number of urea groups is 1. The summed E-state index contributed by atoms with van der Waals surface area (Å²) in [5, 5.41) is 12.4. The van der Waals surface area contributed by atoms with Gasteiger partial charge in [-0.15, -0.1) is 0 Å². The minimum atomic E-state index is -0.212. The summed E-state index contributed by atoms with van der Waals surface area (Å²) >= 11 is 9.35. The van der Waals surface area contributed by atoms with E-state index >= 15 is 0 Å². The first kappa shape index (κ1) is 13.6. The molecule has 1 heterocycles. The Hall–Kier alpha value is -0.780. The van der Waals surface area contributed by atoms with Crippen molar-refractivity contribution in [2.24, 2.45) is 0 Å². The lowest BCUT2D eigenvalue weighted by Crippen LogP contribution is -2.40. The van der Waals surface area contributed by atoms with Crippen LogP contribution in [0.25, 0.3) is 0 Å². The van der Waals surface area contributed by atoms with Crippen LogP contribution in [-0.4, -0.2) is 35.2 Å². The van der Waals surface area contributed by atoms with E-state index in [-0.39, 0.29) is 18.7 Å². The van der Waals surface area contributed by atoms with Crippen LogP contribution >= 0.6 is 27.5 Å². The molecule has 0 spiro atoms. The quantitative estimate of drug-likeness (QED) is 0.874. The Labute approximate surface area is 119 Å². The maximum absolute atomic E-state index is 12.1. The lowest BCUT2D eigenvalue weighted by molar-refractivity contribution is 0.166. The van der Waals surface area contributed by atoms with E-state index in [1.165, 1.54) is 0 Å². The highest BCUT2D eigenvalue weighted by Gasteiger charge is 2.28. The smallest absolute Gasteiger partial charge is 0.322 e. The highest BCUT2D eigenvalue weighted by molar-refractivity contribution is 9.10. The molecule has 6 heteroatoms. The number of hydrogen-bond acceptors (Lipinski definition) is 2. The van der Waals surface area contributed by atoms with Crippen LogP contribution in [0.5, 0.6) is 0 Å². The van der Waals surface area contributed by atoms with Crippen molar-refractivity contribution in [1.29, 1.82) is 0 Å². The molecule has 1 aliphatic heterocycles. The Morgan fingerprint density at radius 2 is 2.39 bits per heavy atom. The van der Waals surface area contributed by atoms with Crippen LogP contribution in [0.2, 0.25) is 5.02 Å². The van der Waals surface area contributed by atoms with Gasteiger partial charge >= 0.3 is 6.03 Å². The second kappa shape index (κ2) is 5.91. The second-order valence-corrected chi connectivity index (χ2v) is 5.55. The standard InChI is InChI=1S/C12H14BrClN2O2/c13-8-3-4-11(10(14)6-8)15-12(18)16-5-1-2-9(16)7-17/h3-4,6,9,17H,1-2,5,7H2,(H,15,18)/t9-/m1/s1. The summed E-state index contributed by atoms with van der Waals surface area (Å²) in [7, 11) is 0. The van der Waals surface area contributed by atoms with Gasteiger partial charge in [0.25, 0.3) is 0 Å². The van der Waals surface area contributed by atoms with E-state index < -0.39 is 0 Å². The zero-order valence-electron chi connectivity index (χ0n) is 9.70. The number of carbonyl (C=O) groups excluding carboxylic acids is 1. The van der Waals surface area contributed by atoms with E-state index in [9.17, 15) is 9.90 Å². The maximum atomic E-state index is 12.1. The molecular formula is C12H14BrClN2O2. The molecule has 1 aromatic carbocycles. The number of rotatable bonds is 2. The fraction of sp³-hybridized carbons (Fsp3) is 0.417. The Kier molecular flexibility index (Phi) is 4.48. The molecule has 0 radical (unpaired) electrons. The average molecular weight is 334 g/mol. The summed E-state index contributed by atoms with van der Waals surface area (Å²) in [4.78, 5) is 13.7. The van der Waals surface area contributed by atoms with Crippen molar-refractivity contribution in [3.63, 3.8) is 0 Å². The number of carbonyl (C=O) groups is 1. The summed E-state index contributed by atoms with van der Waals surface area (Å²) in [6.07, 6.45) is 1.77. The Morgan fingerprint density at radius 1 is 1.61 bits per heavy atom. The second-order valence-electron chi connectivity index (χ2n) is 4.23. The summed E-state index contributed by atoms with van der Waals surface area (Å²) in [5.74, 6) is 0. The SMILES string of the molecule is O=C(Nc1ccc(Br)cc1Cl)N1CCC[C@@H]1CO. The largest absolute Gasteiger partial charge is 0.394 e. The van der Waals surface area contributed by atoms with E-state index in [2.05, 4.69) is 21.2 Å². The third kappa shape index (κ3) is 2.96. The molecule has 0 saturated carbocycles. The molecule has 18 heavy (non-hydrogen) atoms. The highest BCUT2D eigenvalue weighted by atomic mass is 79.9. The van der Waals surface area contributed by atoms with Crippen molar-refractivity contribution in [1.82, 2.24) is 4.90 Å². The molecule has 4 nitrogen and oxygen atoms in total. The van der Waals surface area contributed by atoms with Crippen molar-refractivity contribution in [2.75, 3.05) is 18.5 Å². The van der Waals surface area contributed by atoms with Gasteiger partial charge in [0.15, 0.2) is 0 Å². The van der Waals surface area contributed by atoms with Gasteiger partial charge in [-0.05, 0) is 31.0 Å². The number of anilines is 1. The van der Waals surface area contributed by atoms with Crippen molar-refractivity contribution in [2.45, 2.75) is 18.9 Å². The number of nitrogens with zero attached hydrogens (tertiary/aromatic N) is 1. The number of halogens is 2. The van der Waals surface area contributed by atoms with E-state index in [4.69, 9.17) is 11.6 Å². The molecule has 1 saturated heterocycles. The average Bonchev–Trinajstić information content (AvgIpc) is 2.81. The molecule has 1 aromatic rings. The Bertz CT molecular complexity index is 456. The number of amides is 2. The minimum Gasteiger partial charge on any atom is -0.394 e. The number of hydrogen-bond donors (Lipinski definition) is 2. The van der Waals surface area contributed by atoms with Crippen molar-refractivity contribution in [3.8, 4) is 0 Å². The predicted molar refractivity (Wildman–Crippen MR) is 75.0 cm³/mol. The molecule has 0 bridgehead atoms. The molecule has 98 valence electrons. The fourth-order valence-corrected chi connectivity index (χ4v) is 2.79. The van der Waals surface area contributed by atoms with E-state index in [1.807, 2.05) is 6.07 Å². The number of likely N-dealkylation sites (tertiary alicyclic amines) is 1. The first-order chi connectivity index (χ1) is 8.61. The van der Waals surface area contributed by atoms with Crippen LogP contribution in [-0.2, 0) is 0 Å². The summed E-state index contributed by atoms with van der Waals surface area (Å²) < 4.78 is 0.861. The van der Waals surface area contributed by atoms with Gasteiger partial charge in [-0.3, -0.25) is 0 Å². The van der Waals surface area contributed by atoms with Crippen LogP contribution in [0.15, 0.2) is 22.7 Å². The highest BCUT2D eigenvalue weighted by Crippen LogP contribution is 2.26. The van der Waals surface area contributed by atoms with Crippen LogP contribution in [0.3, 0.4) is 0 Å². The number of benzene rings is 1. The molecule has 0 aromatic heterocycles. The van der Waals surface area contributed by atoms with Gasteiger partial charge in [-0.25, -0.2) is 4.79 Å². The van der Waals surface area contributed by atoms with Gasteiger partial charge in [-0.1, -0.05) is 27.5 Å². The topological polar surface area (TPSA) is 52.6 Å². The van der Waals surface area contributed by atoms with E-state index in [1.54, 1.807) is 17.0 Å². The van der Waals surface area contributed by atoms with E-state index in [0.717, 1.165) is 17.3 Å². The van der Waals surface area contributed by atoms with Gasteiger partial charge < -0.3 is 15.3 Å². The molecule has 2 amide bonds. The molecule has 1 fully saturated rings. The Balaban J connectivity index is 2.07. The summed E-state index contributed by atoms with van der Waals surface area (Å²) in [5.41, 5.74) is 0.577. The van der Waals surface area contributed by atoms with Gasteiger partial charge in [0.1, 0.15) is 0 Å². The molecule has 0 aliphatic carbocycles. The van der Waals surface area contributed by atoms with E-state index in [0.29, 0.717) is 17.3 Å². The third-order valence-corrected chi connectivity index (χ3v) is 3.83. The van der Waals surface area contributed by atoms with Crippen LogP contribution in [0, 0.1) is 0 Å². The number of aliphatic hydroxyl groups excluding tert-OH is 1. The van der Waals surface area contributed by atoms with Gasteiger partial charge in [0, 0.05) is 11.0 Å². The lowest BCUT2D eigenvalue weighted by atomic mass is 10.2. The predicted octanol–water partition coefficient (Wildman–Crippen LogP) is 3.09. The molecular weight excluding hydrogens is 320 g/mol. The van der Waals surface area contributed by atoms with Gasteiger partial charge in [0.2, 0.25) is 0 Å². The van der Waals surface area contributed by atoms with Crippen LogP contribution in [0.4, 0.5) is 10.5 Å². The third-order valence-electron chi connectivity index (χ3n) is 3.02. The van der Waals surface area contributed by atoms with Crippen molar-refractivity contribution in [3.05, 3.63) is 27.7 Å². The zero-order valence-corrected chi connectivity index (χ0v) is 12.0. The van der Waals surface area contributed by atoms with Crippen molar-refractivity contribution < 1.29 is 9.90 Å². The van der Waals surface area contributed by atoms with Gasteiger partial charge in [-0.2, -0.15) is 0 Å². The summed E-state index contributed by atoms with van der Waals surface area (Å²) in [6, 6.07) is 4.99. The van der Waals surface area contributed by atoms with Crippen LogP contribution in [0.1, 0.15) is 12.8 Å². The Morgan fingerprint density at radius 3 is 3.06 bits per heavy atom. The lowest BCUT2D eigenvalue weighted by Gasteiger charge is -2.23. The fourth-order valence-electron chi connectivity index (χ4n) is 2.07. The first-order valence-electron chi connectivity index (χ1n) is 5.75. The van der Waals surface area contributed by atoms with Crippen LogP contribution < -0.4 is 5.32 Å². The maximum Gasteiger partial charge on any atom is 0.322 e. The molecule has 2 rings (SSSR count). The minimum absolute atomic E-state index is 0.00148. The summed E-state index contributed by atoms with van der Waals surface area (Å²) in [6.45, 7) is 0.673. The monoisotopic (exact) mass is 332 g/mol. The zero-order chi connectivity index (χ0) is 13.1. The van der Waals surface area contributed by atoms with Gasteiger partial charge in [0.05, 0.1) is 23.4 Å². The van der Waals surface area contributed by atoms with Crippen molar-refractivity contribution >= 4 is 39.2 Å².